The summed E-state index contributed by atoms with van der Waals surface area (Å²) in [6, 6.07) is 10.7. The molecule has 0 radical (unpaired) electrons. The van der Waals surface area contributed by atoms with Crippen LogP contribution in [0.15, 0.2) is 47.3 Å². The zero-order chi connectivity index (χ0) is 32.3. The van der Waals surface area contributed by atoms with Crippen LogP contribution in [0.5, 0.6) is 0 Å². The van der Waals surface area contributed by atoms with E-state index in [9.17, 15) is 14.4 Å². The number of halogens is 1. The summed E-state index contributed by atoms with van der Waals surface area (Å²) in [5.41, 5.74) is -0.702. The van der Waals surface area contributed by atoms with Crippen molar-refractivity contribution in [1.29, 1.82) is 0 Å². The average molecular weight is 618 g/mol. The topological polar surface area (TPSA) is 136 Å². The van der Waals surface area contributed by atoms with Gasteiger partial charge in [-0.15, -0.1) is 10.2 Å². The third-order valence-corrected chi connectivity index (χ3v) is 8.12. The number of aromatic nitrogens is 5. The molecule has 0 aliphatic carbocycles. The van der Waals surface area contributed by atoms with Crippen molar-refractivity contribution in [2.75, 3.05) is 13.2 Å². The lowest BCUT2D eigenvalue weighted by molar-refractivity contribution is -0.0630. The molecule has 2 atom stereocenters. The molecule has 45 heavy (non-hydrogen) atoms. The lowest BCUT2D eigenvalue weighted by Gasteiger charge is -2.36. The van der Waals surface area contributed by atoms with E-state index in [1.165, 1.54) is 12.1 Å². The summed E-state index contributed by atoms with van der Waals surface area (Å²) < 4.78 is 28.7. The molecule has 2 aliphatic heterocycles. The van der Waals surface area contributed by atoms with Crippen LogP contribution >= 0.6 is 0 Å². The van der Waals surface area contributed by atoms with Crippen LogP contribution in [0.2, 0.25) is 0 Å². The van der Waals surface area contributed by atoms with Crippen molar-refractivity contribution in [2.24, 2.45) is 0 Å². The maximum atomic E-state index is 15.1. The van der Waals surface area contributed by atoms with Crippen LogP contribution in [0.1, 0.15) is 86.9 Å². The number of ether oxygens (including phenoxy) is 2. The summed E-state index contributed by atoms with van der Waals surface area (Å²) in [5, 5.41) is 16.8. The molecule has 13 heteroatoms. The minimum absolute atomic E-state index is 0.0661. The van der Waals surface area contributed by atoms with Gasteiger partial charge in [-0.25, -0.2) is 14.3 Å². The second-order valence-electron chi connectivity index (χ2n) is 13.0. The highest BCUT2D eigenvalue weighted by Crippen LogP contribution is 2.39. The smallest absolute Gasteiger partial charge is 0.413 e. The third-order valence-electron chi connectivity index (χ3n) is 8.12. The maximum absolute atomic E-state index is 15.1. The highest BCUT2D eigenvalue weighted by atomic mass is 19.1. The Morgan fingerprint density at radius 2 is 1.87 bits per heavy atom. The predicted molar refractivity (Wildman–Crippen MR) is 162 cm³/mol. The van der Waals surface area contributed by atoms with Gasteiger partial charge in [0.2, 0.25) is 0 Å². The Kier molecular flexibility index (Phi) is 7.46. The SMILES string of the molecule is CC1CN(C(=O)c2cc(Cc3n[nH]c(=O)c4ccccc34)ccc2F)Cc2nnc(C3COC(C)(C)N3C(=O)OC(C)(C)C)n21. The van der Waals surface area contributed by atoms with E-state index >= 15 is 4.39 Å². The van der Waals surface area contributed by atoms with Gasteiger partial charge in [0.05, 0.1) is 35.8 Å². The Labute approximate surface area is 259 Å². The van der Waals surface area contributed by atoms with Crippen LogP contribution in [-0.2, 0) is 22.4 Å². The number of H-pyrrole nitrogens is 1. The standard InChI is InChI=1S/C32H36FN7O5/c1-18-15-38(16-26-35-36-27(39(18)26)25-17-44-32(5,6)40(25)30(43)45-31(2,3)4)29(42)22-13-19(11-12-23(22)33)14-24-20-9-7-8-10-21(20)28(41)37-34-24/h7-13,18,25H,14-17H2,1-6H3,(H,37,41). The fraction of sp³-hybridized carbons (Fsp3) is 0.438. The summed E-state index contributed by atoms with van der Waals surface area (Å²) in [6.07, 6.45) is -0.229. The molecular weight excluding hydrogens is 581 g/mol. The van der Waals surface area contributed by atoms with Crippen LogP contribution in [0.25, 0.3) is 10.8 Å². The van der Waals surface area contributed by atoms with Crippen molar-refractivity contribution < 1.29 is 23.5 Å². The second kappa shape index (κ2) is 11.1. The van der Waals surface area contributed by atoms with Crippen molar-refractivity contribution in [3.8, 4) is 0 Å². The molecule has 2 aromatic heterocycles. The van der Waals surface area contributed by atoms with E-state index in [1.54, 1.807) is 62.6 Å². The lowest BCUT2D eigenvalue weighted by Crippen LogP contribution is -2.48. The molecule has 236 valence electrons. The van der Waals surface area contributed by atoms with Gasteiger partial charge >= 0.3 is 6.09 Å². The molecule has 2 aromatic carbocycles. The molecule has 4 aromatic rings. The van der Waals surface area contributed by atoms with Crippen LogP contribution in [0.3, 0.4) is 0 Å². The van der Waals surface area contributed by atoms with E-state index < -0.39 is 35.2 Å². The number of hydrogen-bond donors (Lipinski definition) is 1. The van der Waals surface area contributed by atoms with E-state index in [2.05, 4.69) is 20.4 Å². The maximum Gasteiger partial charge on any atom is 0.413 e. The molecular formula is C32H36FN7O5. The van der Waals surface area contributed by atoms with Crippen molar-refractivity contribution in [3.63, 3.8) is 0 Å². The van der Waals surface area contributed by atoms with Gasteiger partial charge in [-0.2, -0.15) is 5.10 Å². The Bertz CT molecular complexity index is 1860. The summed E-state index contributed by atoms with van der Waals surface area (Å²) in [4.78, 5) is 42.3. The van der Waals surface area contributed by atoms with E-state index in [4.69, 9.17) is 9.47 Å². The zero-order valence-electron chi connectivity index (χ0n) is 26.1. The largest absolute Gasteiger partial charge is 0.444 e. The molecule has 2 unspecified atom stereocenters. The first-order valence-electron chi connectivity index (χ1n) is 14.9. The molecule has 1 saturated heterocycles. The summed E-state index contributed by atoms with van der Waals surface area (Å²) in [7, 11) is 0. The van der Waals surface area contributed by atoms with Crippen LogP contribution in [-0.4, -0.2) is 71.2 Å². The number of carbonyl (C=O) groups is 2. The Morgan fingerprint density at radius 1 is 1.13 bits per heavy atom. The van der Waals surface area contributed by atoms with Crippen molar-refractivity contribution in [1.82, 2.24) is 34.8 Å². The van der Waals surface area contributed by atoms with Crippen LogP contribution in [0, 0.1) is 5.82 Å². The van der Waals surface area contributed by atoms with Crippen molar-refractivity contribution >= 4 is 22.8 Å². The van der Waals surface area contributed by atoms with Crippen LogP contribution < -0.4 is 5.56 Å². The van der Waals surface area contributed by atoms with Gasteiger partial charge in [-0.3, -0.25) is 14.5 Å². The molecule has 2 amide bonds. The van der Waals surface area contributed by atoms with Gasteiger partial charge in [0, 0.05) is 18.4 Å². The minimum Gasteiger partial charge on any atom is -0.444 e. The summed E-state index contributed by atoms with van der Waals surface area (Å²) in [6.45, 7) is 11.5. The Balaban J connectivity index is 1.25. The average Bonchev–Trinajstić information content (AvgIpc) is 3.54. The normalized spacial score (nSPS) is 19.5. The number of hydrogen-bond acceptors (Lipinski definition) is 8. The number of nitrogens with one attached hydrogen (secondary N) is 1. The first kappa shape index (κ1) is 30.4. The van der Waals surface area contributed by atoms with E-state index in [1.807, 2.05) is 23.6 Å². The lowest BCUT2D eigenvalue weighted by atomic mass is 10.0. The Morgan fingerprint density at radius 3 is 2.60 bits per heavy atom. The molecule has 1 N–H and O–H groups in total. The monoisotopic (exact) mass is 617 g/mol. The molecule has 1 fully saturated rings. The molecule has 0 bridgehead atoms. The first-order chi connectivity index (χ1) is 21.2. The molecule has 4 heterocycles. The quantitative estimate of drug-likeness (QED) is 0.354. The fourth-order valence-electron chi connectivity index (χ4n) is 6.11. The van der Waals surface area contributed by atoms with Gasteiger partial charge in [-0.05, 0) is 65.3 Å². The molecule has 2 aliphatic rings. The number of fused-ring (bicyclic) bond motifs is 2. The van der Waals surface area contributed by atoms with E-state index in [0.29, 0.717) is 40.1 Å². The summed E-state index contributed by atoms with van der Waals surface area (Å²) >= 11 is 0. The third kappa shape index (κ3) is 5.68. The van der Waals surface area contributed by atoms with E-state index in [0.717, 1.165) is 0 Å². The van der Waals surface area contributed by atoms with Crippen molar-refractivity contribution in [3.05, 3.63) is 87.1 Å². The number of benzene rings is 2. The molecule has 0 spiro atoms. The number of rotatable bonds is 4. The predicted octanol–water partition coefficient (Wildman–Crippen LogP) is 4.51. The highest BCUT2D eigenvalue weighted by molar-refractivity contribution is 5.95. The molecule has 12 nitrogen and oxygen atoms in total. The summed E-state index contributed by atoms with van der Waals surface area (Å²) in [5.74, 6) is -0.0555. The van der Waals surface area contributed by atoms with Crippen molar-refractivity contribution in [2.45, 2.75) is 77.9 Å². The van der Waals surface area contributed by atoms with Gasteiger partial charge in [0.1, 0.15) is 23.2 Å². The second-order valence-corrected chi connectivity index (χ2v) is 13.0. The van der Waals surface area contributed by atoms with E-state index in [-0.39, 0.29) is 36.9 Å². The van der Waals surface area contributed by atoms with Gasteiger partial charge in [-0.1, -0.05) is 24.3 Å². The van der Waals surface area contributed by atoms with Gasteiger partial charge in [0.25, 0.3) is 11.5 Å². The number of carbonyl (C=O) groups excluding carboxylic acids is 2. The highest BCUT2D eigenvalue weighted by Gasteiger charge is 2.49. The molecule has 6 rings (SSSR count). The Hall–Kier alpha value is -4.65. The number of nitrogens with zero attached hydrogens (tertiary/aromatic N) is 6. The molecule has 0 saturated carbocycles. The minimum atomic E-state index is -0.932. The van der Waals surface area contributed by atoms with Crippen LogP contribution in [0.4, 0.5) is 9.18 Å². The fourth-order valence-corrected chi connectivity index (χ4v) is 6.11. The number of amides is 2. The first-order valence-corrected chi connectivity index (χ1v) is 14.9. The zero-order valence-corrected chi connectivity index (χ0v) is 26.1. The number of aromatic amines is 1. The van der Waals surface area contributed by atoms with Gasteiger partial charge in [0.15, 0.2) is 11.6 Å². The van der Waals surface area contributed by atoms with Gasteiger partial charge < -0.3 is 18.9 Å².